The Morgan fingerprint density at radius 3 is 2.70 bits per heavy atom. The second-order valence-corrected chi connectivity index (χ2v) is 5.33. The molecule has 5 heteroatoms. The van der Waals surface area contributed by atoms with Crippen LogP contribution in [0.2, 0.25) is 0 Å². The Labute approximate surface area is 132 Å². The minimum atomic E-state index is -0.411. The molecular formula is C18H16FNO3. The Morgan fingerprint density at radius 1 is 1.17 bits per heavy atom. The Kier molecular flexibility index (Phi) is 3.78. The van der Waals surface area contributed by atoms with Crippen molar-refractivity contribution in [3.05, 3.63) is 59.1 Å². The van der Waals surface area contributed by atoms with Crippen LogP contribution in [0.5, 0.6) is 5.75 Å². The number of carbonyl (C=O) groups is 1. The van der Waals surface area contributed by atoms with Gasteiger partial charge in [0.15, 0.2) is 5.76 Å². The maximum Gasteiger partial charge on any atom is 0.291 e. The van der Waals surface area contributed by atoms with Crippen molar-refractivity contribution in [2.75, 3.05) is 12.4 Å². The summed E-state index contributed by atoms with van der Waals surface area (Å²) in [5.41, 5.74) is 2.51. The standard InChI is InChI=1S/C18H16FNO3/c1-10-4-5-12(19)8-15(10)20-18(21)17-11(2)14-9-13(22-3)6-7-16(14)23-17/h4-9H,1-3H3,(H,20,21). The molecule has 0 aliphatic heterocycles. The zero-order valence-corrected chi connectivity index (χ0v) is 13.1. The molecule has 2 aromatic carbocycles. The molecule has 0 saturated heterocycles. The van der Waals surface area contributed by atoms with E-state index in [0.717, 1.165) is 10.9 Å². The second kappa shape index (κ2) is 5.76. The van der Waals surface area contributed by atoms with E-state index in [1.807, 2.05) is 6.07 Å². The Balaban J connectivity index is 1.97. The minimum absolute atomic E-state index is 0.205. The molecule has 1 heterocycles. The average Bonchev–Trinajstić information content (AvgIpc) is 2.87. The quantitative estimate of drug-likeness (QED) is 0.777. The molecule has 1 amide bonds. The smallest absolute Gasteiger partial charge is 0.291 e. The summed E-state index contributed by atoms with van der Waals surface area (Å²) >= 11 is 0. The van der Waals surface area contributed by atoms with Crippen LogP contribution in [0, 0.1) is 19.7 Å². The maximum absolute atomic E-state index is 13.3. The number of hydrogen-bond acceptors (Lipinski definition) is 3. The topological polar surface area (TPSA) is 51.5 Å². The molecule has 1 N–H and O–H groups in total. The van der Waals surface area contributed by atoms with Gasteiger partial charge in [0, 0.05) is 16.6 Å². The average molecular weight is 313 g/mol. The van der Waals surface area contributed by atoms with Crippen LogP contribution in [-0.4, -0.2) is 13.0 Å². The molecule has 1 aromatic heterocycles. The number of hydrogen-bond donors (Lipinski definition) is 1. The third-order valence-corrected chi connectivity index (χ3v) is 3.80. The number of nitrogens with one attached hydrogen (secondary N) is 1. The van der Waals surface area contributed by atoms with E-state index < -0.39 is 11.7 Å². The number of ether oxygens (including phenoxy) is 1. The van der Waals surface area contributed by atoms with E-state index in [1.165, 1.54) is 12.1 Å². The zero-order valence-electron chi connectivity index (χ0n) is 13.1. The van der Waals surface area contributed by atoms with E-state index in [2.05, 4.69) is 5.32 Å². The molecule has 0 radical (unpaired) electrons. The van der Waals surface area contributed by atoms with Gasteiger partial charge in [-0.1, -0.05) is 6.07 Å². The molecule has 0 aliphatic carbocycles. The molecular weight excluding hydrogens is 297 g/mol. The normalized spacial score (nSPS) is 10.8. The molecule has 4 nitrogen and oxygen atoms in total. The lowest BCUT2D eigenvalue weighted by Gasteiger charge is -2.07. The summed E-state index contributed by atoms with van der Waals surface area (Å²) in [6.45, 7) is 3.60. The second-order valence-electron chi connectivity index (χ2n) is 5.33. The van der Waals surface area contributed by atoms with E-state index in [1.54, 1.807) is 39.2 Å². The van der Waals surface area contributed by atoms with Crippen molar-refractivity contribution in [2.45, 2.75) is 13.8 Å². The number of amides is 1. The molecule has 118 valence electrons. The number of carbonyl (C=O) groups excluding carboxylic acids is 1. The molecule has 0 saturated carbocycles. The molecule has 0 atom stereocenters. The van der Waals surface area contributed by atoms with Crippen LogP contribution in [0.3, 0.4) is 0 Å². The van der Waals surface area contributed by atoms with Crippen LogP contribution in [0.25, 0.3) is 11.0 Å². The van der Waals surface area contributed by atoms with Gasteiger partial charge in [0.2, 0.25) is 0 Å². The lowest BCUT2D eigenvalue weighted by Crippen LogP contribution is -2.13. The first-order valence-corrected chi connectivity index (χ1v) is 7.14. The van der Waals surface area contributed by atoms with Crippen molar-refractivity contribution in [1.29, 1.82) is 0 Å². The monoisotopic (exact) mass is 313 g/mol. The Bertz CT molecular complexity index is 899. The van der Waals surface area contributed by atoms with Crippen molar-refractivity contribution >= 4 is 22.6 Å². The SMILES string of the molecule is COc1ccc2oc(C(=O)Nc3cc(F)ccc3C)c(C)c2c1. The lowest BCUT2D eigenvalue weighted by molar-refractivity contribution is 0.0998. The van der Waals surface area contributed by atoms with Gasteiger partial charge in [-0.15, -0.1) is 0 Å². The largest absolute Gasteiger partial charge is 0.497 e. The molecule has 0 unspecified atom stereocenters. The van der Waals surface area contributed by atoms with Crippen molar-refractivity contribution in [3.63, 3.8) is 0 Å². The summed E-state index contributed by atoms with van der Waals surface area (Å²) in [4.78, 5) is 12.5. The van der Waals surface area contributed by atoms with E-state index in [9.17, 15) is 9.18 Å². The van der Waals surface area contributed by atoms with Crippen LogP contribution >= 0.6 is 0 Å². The number of anilines is 1. The highest BCUT2D eigenvalue weighted by atomic mass is 19.1. The van der Waals surface area contributed by atoms with E-state index in [4.69, 9.17) is 9.15 Å². The number of halogens is 1. The number of fused-ring (bicyclic) bond motifs is 1. The van der Waals surface area contributed by atoms with Gasteiger partial charge in [0.05, 0.1) is 7.11 Å². The van der Waals surface area contributed by atoms with Crippen molar-refractivity contribution in [2.24, 2.45) is 0 Å². The predicted molar refractivity (Wildman–Crippen MR) is 86.6 cm³/mol. The van der Waals surface area contributed by atoms with Crippen LogP contribution in [0.1, 0.15) is 21.7 Å². The number of aryl methyl sites for hydroxylation is 2. The fourth-order valence-corrected chi connectivity index (χ4v) is 2.45. The number of methoxy groups -OCH3 is 1. The van der Waals surface area contributed by atoms with Gasteiger partial charge in [0.25, 0.3) is 5.91 Å². The van der Waals surface area contributed by atoms with Crippen LogP contribution in [0.4, 0.5) is 10.1 Å². The number of furan rings is 1. The van der Waals surface area contributed by atoms with Crippen LogP contribution in [-0.2, 0) is 0 Å². The maximum atomic E-state index is 13.3. The van der Waals surface area contributed by atoms with Crippen LogP contribution < -0.4 is 10.1 Å². The summed E-state index contributed by atoms with van der Waals surface area (Å²) in [5.74, 6) is 0.0783. The lowest BCUT2D eigenvalue weighted by atomic mass is 10.1. The summed E-state index contributed by atoms with van der Waals surface area (Å²) in [6, 6.07) is 9.59. The first kappa shape index (κ1) is 15.1. The predicted octanol–water partition coefficient (Wildman–Crippen LogP) is 4.45. The summed E-state index contributed by atoms with van der Waals surface area (Å²) in [7, 11) is 1.58. The highest BCUT2D eigenvalue weighted by Gasteiger charge is 2.19. The summed E-state index contributed by atoms with van der Waals surface area (Å²) in [5, 5.41) is 3.50. The zero-order chi connectivity index (χ0) is 16.6. The molecule has 3 aromatic rings. The Morgan fingerprint density at radius 2 is 1.96 bits per heavy atom. The highest BCUT2D eigenvalue weighted by Crippen LogP contribution is 2.29. The molecule has 3 rings (SSSR count). The summed E-state index contributed by atoms with van der Waals surface area (Å²) in [6.07, 6.45) is 0. The summed E-state index contributed by atoms with van der Waals surface area (Å²) < 4.78 is 24.2. The van der Waals surface area contributed by atoms with Crippen LogP contribution in [0.15, 0.2) is 40.8 Å². The number of rotatable bonds is 3. The van der Waals surface area contributed by atoms with E-state index in [0.29, 0.717) is 22.6 Å². The van der Waals surface area contributed by atoms with Gasteiger partial charge >= 0.3 is 0 Å². The van der Waals surface area contributed by atoms with Gasteiger partial charge in [-0.2, -0.15) is 0 Å². The highest BCUT2D eigenvalue weighted by molar-refractivity contribution is 6.06. The first-order valence-electron chi connectivity index (χ1n) is 7.14. The fraction of sp³-hybridized carbons (Fsp3) is 0.167. The van der Waals surface area contributed by atoms with E-state index >= 15 is 0 Å². The van der Waals surface area contributed by atoms with Crippen molar-refractivity contribution in [1.82, 2.24) is 0 Å². The third-order valence-electron chi connectivity index (χ3n) is 3.80. The van der Waals surface area contributed by atoms with Crippen molar-refractivity contribution in [3.8, 4) is 5.75 Å². The van der Waals surface area contributed by atoms with Gasteiger partial charge < -0.3 is 14.5 Å². The van der Waals surface area contributed by atoms with Gasteiger partial charge in [-0.3, -0.25) is 4.79 Å². The molecule has 0 spiro atoms. The van der Waals surface area contributed by atoms with Crippen molar-refractivity contribution < 1.29 is 18.3 Å². The molecule has 0 fully saturated rings. The van der Waals surface area contributed by atoms with Gasteiger partial charge in [-0.25, -0.2) is 4.39 Å². The third kappa shape index (κ3) is 2.77. The van der Waals surface area contributed by atoms with E-state index in [-0.39, 0.29) is 5.76 Å². The molecule has 23 heavy (non-hydrogen) atoms. The Hall–Kier alpha value is -2.82. The van der Waals surface area contributed by atoms with Gasteiger partial charge in [0.1, 0.15) is 17.1 Å². The molecule has 0 aliphatic rings. The molecule has 0 bridgehead atoms. The minimum Gasteiger partial charge on any atom is -0.497 e. The first-order chi connectivity index (χ1) is 11.0. The number of benzene rings is 2. The fourth-order valence-electron chi connectivity index (χ4n) is 2.45. The van der Waals surface area contributed by atoms with Gasteiger partial charge in [-0.05, 0) is 49.7 Å².